The third-order valence-electron chi connectivity index (χ3n) is 4.61. The number of nitrogens with one attached hydrogen (secondary N) is 1. The van der Waals surface area contributed by atoms with Crippen molar-refractivity contribution in [1.29, 1.82) is 0 Å². The van der Waals surface area contributed by atoms with E-state index in [0.717, 1.165) is 22.1 Å². The van der Waals surface area contributed by atoms with E-state index in [-0.39, 0.29) is 0 Å². The maximum Gasteiger partial charge on any atom is 0.336 e. The van der Waals surface area contributed by atoms with Gasteiger partial charge in [0.2, 0.25) is 5.91 Å². The minimum absolute atomic E-state index is 0.330. The van der Waals surface area contributed by atoms with Crippen LogP contribution in [0.3, 0.4) is 0 Å². The van der Waals surface area contributed by atoms with Gasteiger partial charge in [0.25, 0.3) is 0 Å². The van der Waals surface area contributed by atoms with E-state index >= 15 is 0 Å². The first-order chi connectivity index (χ1) is 14.2. The molecule has 0 aliphatic carbocycles. The number of aliphatic carboxylic acids is 1. The number of amides is 1. The summed E-state index contributed by atoms with van der Waals surface area (Å²) in [6.07, 6.45) is 0. The van der Waals surface area contributed by atoms with Gasteiger partial charge in [-0.15, -0.1) is 0 Å². The van der Waals surface area contributed by atoms with Gasteiger partial charge in [-0.2, -0.15) is 0 Å². The van der Waals surface area contributed by atoms with Gasteiger partial charge >= 0.3 is 11.6 Å². The lowest BCUT2D eigenvalue weighted by atomic mass is 9.98. The standard InChI is InChI=1S/C22H22N2O5/c1-13-6-4-5-7-16(13)18-11-21(26)29-19-10-15(8-9-17(18)19)24(3)12-20(25)23-14(2)22(27)28/h4-11,14H,12H2,1-3H3,(H,23,25)(H,27,28)/t14-/m0/s1/i12D/t12?,14-. The summed E-state index contributed by atoms with van der Waals surface area (Å²) < 4.78 is 13.5. The molecular formula is C22H22N2O5. The van der Waals surface area contributed by atoms with Crippen molar-refractivity contribution in [1.82, 2.24) is 5.32 Å². The summed E-state index contributed by atoms with van der Waals surface area (Å²) in [5.41, 5.74) is 2.97. The second-order valence-electron chi connectivity index (χ2n) is 6.78. The first-order valence-corrected chi connectivity index (χ1v) is 9.01. The van der Waals surface area contributed by atoms with Crippen molar-refractivity contribution < 1.29 is 20.5 Å². The second kappa shape index (κ2) is 8.18. The second-order valence-corrected chi connectivity index (χ2v) is 6.78. The molecule has 0 bridgehead atoms. The Hall–Kier alpha value is -3.61. The molecule has 0 fully saturated rings. The van der Waals surface area contributed by atoms with Gasteiger partial charge in [0.15, 0.2) is 0 Å². The molecule has 0 saturated heterocycles. The van der Waals surface area contributed by atoms with Gasteiger partial charge in [0, 0.05) is 35.8 Å². The van der Waals surface area contributed by atoms with Crippen LogP contribution in [0.15, 0.2) is 57.7 Å². The van der Waals surface area contributed by atoms with Crippen LogP contribution >= 0.6 is 0 Å². The van der Waals surface area contributed by atoms with Gasteiger partial charge in [-0.25, -0.2) is 4.79 Å². The van der Waals surface area contributed by atoms with Gasteiger partial charge in [-0.3, -0.25) is 9.59 Å². The van der Waals surface area contributed by atoms with Crippen LogP contribution in [0.1, 0.15) is 13.9 Å². The highest BCUT2D eigenvalue weighted by Crippen LogP contribution is 2.31. The summed E-state index contributed by atoms with van der Waals surface area (Å²) in [5, 5.41) is 11.9. The topological polar surface area (TPSA) is 99.9 Å². The summed E-state index contributed by atoms with van der Waals surface area (Å²) in [7, 11) is 1.53. The summed E-state index contributed by atoms with van der Waals surface area (Å²) in [5.74, 6) is -1.93. The average Bonchev–Trinajstić information content (AvgIpc) is 2.71. The Morgan fingerprint density at radius 1 is 1.21 bits per heavy atom. The van der Waals surface area contributed by atoms with E-state index < -0.39 is 30.1 Å². The first-order valence-electron chi connectivity index (χ1n) is 9.59. The van der Waals surface area contributed by atoms with Gasteiger partial charge in [0.05, 0.1) is 7.89 Å². The minimum Gasteiger partial charge on any atom is -0.480 e. The van der Waals surface area contributed by atoms with Gasteiger partial charge < -0.3 is 19.7 Å². The van der Waals surface area contributed by atoms with Crippen molar-refractivity contribution >= 4 is 28.5 Å². The van der Waals surface area contributed by atoms with Gasteiger partial charge in [-0.1, -0.05) is 24.3 Å². The number of rotatable bonds is 6. The number of hydrogen-bond donors (Lipinski definition) is 2. The molecule has 0 saturated carbocycles. The van der Waals surface area contributed by atoms with Gasteiger partial charge in [0.1, 0.15) is 11.6 Å². The first kappa shape index (κ1) is 18.7. The molecule has 7 nitrogen and oxygen atoms in total. The molecule has 3 rings (SSSR count). The summed E-state index contributed by atoms with van der Waals surface area (Å²) >= 11 is 0. The number of nitrogens with zero attached hydrogens (tertiary/aromatic N) is 1. The highest BCUT2D eigenvalue weighted by atomic mass is 16.4. The van der Waals surface area contributed by atoms with E-state index in [1.165, 1.54) is 24.9 Å². The third-order valence-corrected chi connectivity index (χ3v) is 4.61. The average molecular weight is 395 g/mol. The predicted molar refractivity (Wildman–Crippen MR) is 111 cm³/mol. The van der Waals surface area contributed by atoms with Crippen molar-refractivity contribution in [2.45, 2.75) is 19.9 Å². The molecule has 2 aromatic carbocycles. The molecule has 29 heavy (non-hydrogen) atoms. The molecule has 0 aliphatic heterocycles. The van der Waals surface area contributed by atoms with E-state index in [9.17, 15) is 14.4 Å². The number of carbonyl (C=O) groups is 2. The van der Waals surface area contributed by atoms with Crippen LogP contribution in [-0.2, 0) is 9.59 Å². The normalized spacial score (nSPS) is 13.4. The highest BCUT2D eigenvalue weighted by Gasteiger charge is 2.16. The largest absolute Gasteiger partial charge is 0.480 e. The zero-order valence-electron chi connectivity index (χ0n) is 17.3. The summed E-state index contributed by atoms with van der Waals surface area (Å²) in [6.45, 7) is 1.90. The molecule has 0 spiro atoms. The minimum atomic E-state index is -1.38. The molecule has 1 aromatic heterocycles. The molecule has 0 aliphatic rings. The van der Waals surface area contributed by atoms with E-state index in [1.54, 1.807) is 18.2 Å². The smallest absolute Gasteiger partial charge is 0.336 e. The molecular weight excluding hydrogens is 372 g/mol. The Morgan fingerprint density at radius 2 is 1.93 bits per heavy atom. The van der Waals surface area contributed by atoms with E-state index in [2.05, 4.69) is 5.32 Å². The van der Waals surface area contributed by atoms with Crippen LogP contribution in [0, 0.1) is 6.92 Å². The van der Waals surface area contributed by atoms with Crippen molar-refractivity contribution in [3.8, 4) is 11.1 Å². The fraction of sp³-hybridized carbons (Fsp3) is 0.227. The number of carbonyl (C=O) groups excluding carboxylic acids is 1. The molecule has 1 amide bonds. The molecule has 3 aromatic rings. The number of carboxylic acids is 1. The number of benzene rings is 2. The molecule has 7 heteroatoms. The van der Waals surface area contributed by atoms with Crippen molar-refractivity contribution in [3.63, 3.8) is 0 Å². The maximum absolute atomic E-state index is 12.2. The Kier molecular flexibility index (Phi) is 5.29. The van der Waals surface area contributed by atoms with E-state index in [4.69, 9.17) is 10.9 Å². The summed E-state index contributed by atoms with van der Waals surface area (Å²) in [4.78, 5) is 36.6. The zero-order valence-corrected chi connectivity index (χ0v) is 16.3. The Balaban J connectivity index is 1.98. The highest BCUT2D eigenvalue weighted by molar-refractivity contribution is 5.95. The van der Waals surface area contributed by atoms with Crippen molar-refractivity contribution in [2.75, 3.05) is 18.5 Å². The number of carboxylic acid groups (broad SMARTS) is 1. The SMILES string of the molecule is [2H]C(C(=O)N[C@@H](C)C(=O)O)N(C)c1ccc2c(-c3ccccc3C)cc(=O)oc2c1. The lowest BCUT2D eigenvalue weighted by molar-refractivity contribution is -0.141. The molecule has 150 valence electrons. The van der Waals surface area contributed by atoms with E-state index in [1.807, 2.05) is 31.2 Å². The fourth-order valence-electron chi connectivity index (χ4n) is 3.03. The quantitative estimate of drug-likeness (QED) is 0.623. The van der Waals surface area contributed by atoms with Crippen LogP contribution in [0.5, 0.6) is 0 Å². The van der Waals surface area contributed by atoms with Crippen LogP contribution in [0.2, 0.25) is 0 Å². The monoisotopic (exact) mass is 395 g/mol. The van der Waals surface area contributed by atoms with Crippen molar-refractivity contribution in [2.24, 2.45) is 0 Å². The van der Waals surface area contributed by atoms with Gasteiger partial charge in [-0.05, 0) is 37.1 Å². The Morgan fingerprint density at radius 3 is 2.62 bits per heavy atom. The number of likely N-dealkylation sites (N-methyl/N-ethyl adjacent to an activating group) is 1. The molecule has 1 heterocycles. The lowest BCUT2D eigenvalue weighted by Gasteiger charge is -2.20. The lowest BCUT2D eigenvalue weighted by Crippen LogP contribution is -2.43. The molecule has 2 N–H and O–H groups in total. The summed E-state index contributed by atoms with van der Waals surface area (Å²) in [6, 6.07) is 13.1. The predicted octanol–water partition coefficient (Wildman–Crippen LogP) is 2.79. The maximum atomic E-state index is 12.2. The van der Waals surface area contributed by atoms with Crippen LogP contribution in [0.25, 0.3) is 22.1 Å². The molecule has 0 radical (unpaired) electrons. The van der Waals surface area contributed by atoms with Crippen LogP contribution < -0.4 is 15.8 Å². The number of hydrogen-bond acceptors (Lipinski definition) is 5. The van der Waals surface area contributed by atoms with E-state index in [0.29, 0.717) is 11.3 Å². The van der Waals surface area contributed by atoms with Crippen LogP contribution in [-0.4, -0.2) is 36.6 Å². The number of fused-ring (bicyclic) bond motifs is 1. The van der Waals surface area contributed by atoms with Crippen molar-refractivity contribution in [3.05, 3.63) is 64.5 Å². The van der Waals surface area contributed by atoms with Crippen LogP contribution in [0.4, 0.5) is 5.69 Å². The third kappa shape index (κ3) is 4.45. The number of anilines is 1. The Labute approximate surface area is 169 Å². The molecule has 2 atom stereocenters. The number of aryl methyl sites for hydroxylation is 1. The molecule has 1 unspecified atom stereocenters. The fourth-order valence-corrected chi connectivity index (χ4v) is 3.03. The Bertz CT molecular complexity index is 1170. The zero-order chi connectivity index (χ0) is 22.0.